The molecule has 0 saturated heterocycles. The molecule has 0 heterocycles. The van der Waals surface area contributed by atoms with Gasteiger partial charge in [0, 0.05) is 6.04 Å². The summed E-state index contributed by atoms with van der Waals surface area (Å²) in [5.74, 6) is 0.561. The lowest BCUT2D eigenvalue weighted by atomic mass is 10.0. The predicted molar refractivity (Wildman–Crippen MR) is 82.4 cm³/mol. The molecule has 0 radical (unpaired) electrons. The number of benzene rings is 1. The molecule has 0 amide bonds. The Hall–Kier alpha value is -1.55. The summed E-state index contributed by atoms with van der Waals surface area (Å²) >= 11 is 0. The Morgan fingerprint density at radius 2 is 2.14 bits per heavy atom. The van der Waals surface area contributed by atoms with E-state index in [1.807, 2.05) is 24.3 Å². The summed E-state index contributed by atoms with van der Waals surface area (Å²) in [4.78, 5) is 12.1. The molecule has 1 fully saturated rings. The summed E-state index contributed by atoms with van der Waals surface area (Å²) in [6, 6.07) is 7.70. The zero-order valence-electron chi connectivity index (χ0n) is 12.9. The average molecular weight is 291 g/mol. The van der Waals surface area contributed by atoms with E-state index in [2.05, 4.69) is 12.2 Å². The molecule has 1 aliphatic carbocycles. The number of hydrogen-bond donors (Lipinski definition) is 1. The van der Waals surface area contributed by atoms with E-state index >= 15 is 0 Å². The molecule has 0 aromatic heterocycles. The van der Waals surface area contributed by atoms with Gasteiger partial charge in [-0.25, -0.2) is 4.79 Å². The SMILES string of the molecule is CCCOc1cccc(C(NC2CCCC2)C(=O)OC)c1. The molecule has 4 heteroatoms. The van der Waals surface area contributed by atoms with E-state index in [0.29, 0.717) is 12.6 Å². The molecule has 0 bridgehead atoms. The third-order valence-corrected chi connectivity index (χ3v) is 3.86. The molecule has 2 rings (SSSR count). The van der Waals surface area contributed by atoms with Crippen molar-refractivity contribution in [2.45, 2.75) is 51.1 Å². The van der Waals surface area contributed by atoms with E-state index in [4.69, 9.17) is 9.47 Å². The summed E-state index contributed by atoms with van der Waals surface area (Å²) in [6.45, 7) is 2.76. The highest BCUT2D eigenvalue weighted by atomic mass is 16.5. The zero-order chi connectivity index (χ0) is 15.1. The summed E-state index contributed by atoms with van der Waals surface area (Å²) < 4.78 is 10.6. The minimum Gasteiger partial charge on any atom is -0.494 e. The van der Waals surface area contributed by atoms with Crippen LogP contribution in [0.25, 0.3) is 0 Å². The Morgan fingerprint density at radius 1 is 1.38 bits per heavy atom. The van der Waals surface area contributed by atoms with Gasteiger partial charge in [-0.3, -0.25) is 5.32 Å². The number of methoxy groups -OCH3 is 1. The molecule has 4 nitrogen and oxygen atoms in total. The second kappa shape index (κ2) is 8.03. The fraction of sp³-hybridized carbons (Fsp3) is 0.588. The second-order valence-electron chi connectivity index (χ2n) is 5.53. The van der Waals surface area contributed by atoms with Crippen LogP contribution in [0, 0.1) is 0 Å². The van der Waals surface area contributed by atoms with E-state index in [1.54, 1.807) is 0 Å². The van der Waals surface area contributed by atoms with E-state index in [9.17, 15) is 4.79 Å². The molecule has 1 saturated carbocycles. The third kappa shape index (κ3) is 4.46. The van der Waals surface area contributed by atoms with Crippen LogP contribution in [-0.4, -0.2) is 25.7 Å². The highest BCUT2D eigenvalue weighted by Gasteiger charge is 2.26. The Morgan fingerprint density at radius 3 is 2.81 bits per heavy atom. The van der Waals surface area contributed by atoms with Gasteiger partial charge >= 0.3 is 5.97 Å². The van der Waals surface area contributed by atoms with Crippen LogP contribution in [0.2, 0.25) is 0 Å². The average Bonchev–Trinajstić information content (AvgIpc) is 3.03. The standard InChI is InChI=1S/C17H25NO3/c1-3-11-21-15-10-6-7-13(12-15)16(17(19)20-2)18-14-8-4-5-9-14/h6-7,10,12,14,16,18H,3-5,8-9,11H2,1-2H3. The number of rotatable bonds is 7. The number of carbonyl (C=O) groups is 1. The van der Waals surface area contributed by atoms with Crippen molar-refractivity contribution in [1.82, 2.24) is 5.32 Å². The van der Waals surface area contributed by atoms with E-state index < -0.39 is 6.04 Å². The number of esters is 1. The van der Waals surface area contributed by atoms with Crippen molar-refractivity contribution in [1.29, 1.82) is 0 Å². The first kappa shape index (κ1) is 15.8. The first-order valence-corrected chi connectivity index (χ1v) is 7.81. The minimum atomic E-state index is -0.414. The molecular weight excluding hydrogens is 266 g/mol. The largest absolute Gasteiger partial charge is 0.494 e. The lowest BCUT2D eigenvalue weighted by Gasteiger charge is -2.21. The molecule has 1 aromatic rings. The van der Waals surface area contributed by atoms with Gasteiger partial charge in [-0.05, 0) is 37.0 Å². The second-order valence-corrected chi connectivity index (χ2v) is 5.53. The molecule has 0 aliphatic heterocycles. The molecule has 1 aromatic carbocycles. The van der Waals surface area contributed by atoms with Gasteiger partial charge in [0.05, 0.1) is 13.7 Å². The Kier molecular flexibility index (Phi) is 6.05. The predicted octanol–water partition coefficient (Wildman–Crippen LogP) is 3.22. The highest BCUT2D eigenvalue weighted by molar-refractivity contribution is 5.77. The normalized spacial score (nSPS) is 16.7. The smallest absolute Gasteiger partial charge is 0.327 e. The van der Waals surface area contributed by atoms with Crippen molar-refractivity contribution >= 4 is 5.97 Å². The van der Waals surface area contributed by atoms with E-state index in [1.165, 1.54) is 20.0 Å². The van der Waals surface area contributed by atoms with Crippen molar-refractivity contribution in [3.63, 3.8) is 0 Å². The van der Waals surface area contributed by atoms with Crippen LogP contribution >= 0.6 is 0 Å². The number of hydrogen-bond acceptors (Lipinski definition) is 4. The lowest BCUT2D eigenvalue weighted by Crippen LogP contribution is -2.36. The molecule has 1 aliphatic rings. The van der Waals surface area contributed by atoms with Crippen LogP contribution in [0.15, 0.2) is 24.3 Å². The van der Waals surface area contributed by atoms with Crippen LogP contribution in [0.4, 0.5) is 0 Å². The molecule has 1 N–H and O–H groups in total. The van der Waals surface area contributed by atoms with Crippen molar-refractivity contribution in [3.05, 3.63) is 29.8 Å². The van der Waals surface area contributed by atoms with Crippen molar-refractivity contribution < 1.29 is 14.3 Å². The van der Waals surface area contributed by atoms with Crippen LogP contribution < -0.4 is 10.1 Å². The fourth-order valence-corrected chi connectivity index (χ4v) is 2.75. The van der Waals surface area contributed by atoms with Gasteiger partial charge in [-0.15, -0.1) is 0 Å². The van der Waals surface area contributed by atoms with Gasteiger partial charge in [0.15, 0.2) is 0 Å². The molecule has 1 unspecified atom stereocenters. The maximum atomic E-state index is 12.1. The van der Waals surface area contributed by atoms with Crippen molar-refractivity contribution in [2.75, 3.05) is 13.7 Å². The summed E-state index contributed by atoms with van der Waals surface area (Å²) in [6.07, 6.45) is 5.67. The Bertz CT molecular complexity index is 455. The molecule has 116 valence electrons. The maximum absolute atomic E-state index is 12.1. The molecule has 21 heavy (non-hydrogen) atoms. The van der Waals surface area contributed by atoms with Crippen LogP contribution in [0.5, 0.6) is 5.75 Å². The van der Waals surface area contributed by atoms with E-state index in [0.717, 1.165) is 30.6 Å². The first-order chi connectivity index (χ1) is 10.2. The molecule has 1 atom stereocenters. The first-order valence-electron chi connectivity index (χ1n) is 7.81. The number of ether oxygens (including phenoxy) is 2. The summed E-state index contributed by atoms with van der Waals surface area (Å²) in [7, 11) is 1.43. The van der Waals surface area contributed by atoms with Crippen molar-refractivity contribution in [3.8, 4) is 5.75 Å². The topological polar surface area (TPSA) is 47.6 Å². The third-order valence-electron chi connectivity index (χ3n) is 3.86. The van der Waals surface area contributed by atoms with Gasteiger partial charge in [0.2, 0.25) is 0 Å². The van der Waals surface area contributed by atoms with Crippen LogP contribution in [-0.2, 0) is 9.53 Å². The monoisotopic (exact) mass is 291 g/mol. The van der Waals surface area contributed by atoms with Crippen LogP contribution in [0.1, 0.15) is 50.6 Å². The minimum absolute atomic E-state index is 0.241. The summed E-state index contributed by atoms with van der Waals surface area (Å²) in [5, 5.41) is 3.44. The van der Waals surface area contributed by atoms with Gasteiger partial charge in [-0.1, -0.05) is 31.9 Å². The fourth-order valence-electron chi connectivity index (χ4n) is 2.75. The number of nitrogens with one attached hydrogen (secondary N) is 1. The Balaban J connectivity index is 2.12. The summed E-state index contributed by atoms with van der Waals surface area (Å²) in [5.41, 5.74) is 0.905. The van der Waals surface area contributed by atoms with Crippen molar-refractivity contribution in [2.24, 2.45) is 0 Å². The lowest BCUT2D eigenvalue weighted by molar-refractivity contribution is -0.143. The van der Waals surface area contributed by atoms with Gasteiger partial charge < -0.3 is 9.47 Å². The zero-order valence-corrected chi connectivity index (χ0v) is 12.9. The molecular formula is C17H25NO3. The Labute approximate surface area is 126 Å². The quantitative estimate of drug-likeness (QED) is 0.784. The van der Waals surface area contributed by atoms with Gasteiger partial charge in [0.1, 0.15) is 11.8 Å². The van der Waals surface area contributed by atoms with E-state index in [-0.39, 0.29) is 5.97 Å². The van der Waals surface area contributed by atoms with Crippen LogP contribution in [0.3, 0.4) is 0 Å². The highest BCUT2D eigenvalue weighted by Crippen LogP contribution is 2.25. The van der Waals surface area contributed by atoms with Gasteiger partial charge in [-0.2, -0.15) is 0 Å². The van der Waals surface area contributed by atoms with Gasteiger partial charge in [0.25, 0.3) is 0 Å². The molecule has 0 spiro atoms. The maximum Gasteiger partial charge on any atom is 0.327 e. The number of carbonyl (C=O) groups excluding carboxylic acids is 1.